The van der Waals surface area contributed by atoms with Gasteiger partial charge < -0.3 is 14.7 Å². The molecule has 0 aliphatic carbocycles. The predicted molar refractivity (Wildman–Crippen MR) is 80.1 cm³/mol. The Morgan fingerprint density at radius 1 is 1.60 bits per heavy atom. The van der Waals surface area contributed by atoms with Gasteiger partial charge in [-0.3, -0.25) is 0 Å². The molecule has 5 nitrogen and oxygen atoms in total. The van der Waals surface area contributed by atoms with Crippen LogP contribution in [0.3, 0.4) is 0 Å². The molecule has 0 radical (unpaired) electrons. The summed E-state index contributed by atoms with van der Waals surface area (Å²) in [7, 11) is 0. The molecule has 1 N–H and O–H groups in total. The second-order valence-corrected chi connectivity index (χ2v) is 7.98. The first-order valence-electron chi connectivity index (χ1n) is 6.53. The Kier molecular flexibility index (Phi) is 4.93. The van der Waals surface area contributed by atoms with Crippen molar-refractivity contribution in [2.45, 2.75) is 36.8 Å². The van der Waals surface area contributed by atoms with Crippen LogP contribution in [0.25, 0.3) is 0 Å². The maximum Gasteiger partial charge on any atom is 0.410 e. The number of aliphatic hydroxyl groups excluding tert-OH is 1. The van der Waals surface area contributed by atoms with Crippen LogP contribution in [-0.2, 0) is 4.74 Å². The van der Waals surface area contributed by atoms with E-state index in [2.05, 4.69) is 4.98 Å². The molecular formula is C13H20N2O3S2. The third-order valence-electron chi connectivity index (χ3n) is 2.89. The first-order chi connectivity index (χ1) is 9.35. The van der Waals surface area contributed by atoms with Crippen LogP contribution in [0.4, 0.5) is 4.79 Å². The minimum Gasteiger partial charge on any atom is -0.444 e. The summed E-state index contributed by atoms with van der Waals surface area (Å²) < 4.78 is 6.32. The number of hydrogen-bond donors (Lipinski definition) is 1. The van der Waals surface area contributed by atoms with Gasteiger partial charge in [0.2, 0.25) is 0 Å². The lowest BCUT2D eigenvalue weighted by Crippen LogP contribution is -2.35. The molecular weight excluding hydrogens is 296 g/mol. The van der Waals surface area contributed by atoms with E-state index < -0.39 is 11.7 Å². The molecule has 0 aromatic carbocycles. The van der Waals surface area contributed by atoms with E-state index in [1.54, 1.807) is 34.2 Å². The SMILES string of the molecule is CC(C)(C)OC(=O)N1C[C@H](CSc2nccs2)[C@@H](O)C1. The number of aliphatic hydroxyl groups is 1. The van der Waals surface area contributed by atoms with E-state index in [1.807, 2.05) is 26.2 Å². The molecule has 1 aliphatic rings. The number of thioether (sulfide) groups is 1. The van der Waals surface area contributed by atoms with Crippen LogP contribution < -0.4 is 0 Å². The molecule has 0 saturated carbocycles. The van der Waals surface area contributed by atoms with Gasteiger partial charge in [0, 0.05) is 29.8 Å². The third kappa shape index (κ3) is 4.36. The molecule has 20 heavy (non-hydrogen) atoms. The largest absolute Gasteiger partial charge is 0.444 e. The number of β-amino-alcohol motifs (C(OH)–C–C–N with tert-alkyl or cyclic N) is 1. The Hall–Kier alpha value is -0.790. The number of ether oxygens (including phenoxy) is 1. The van der Waals surface area contributed by atoms with Crippen molar-refractivity contribution in [1.29, 1.82) is 0 Å². The molecule has 1 saturated heterocycles. The van der Waals surface area contributed by atoms with E-state index in [4.69, 9.17) is 4.74 Å². The lowest BCUT2D eigenvalue weighted by atomic mass is 10.1. The monoisotopic (exact) mass is 316 g/mol. The van der Waals surface area contributed by atoms with Crippen molar-refractivity contribution in [3.05, 3.63) is 11.6 Å². The highest BCUT2D eigenvalue weighted by Crippen LogP contribution is 2.28. The highest BCUT2D eigenvalue weighted by Gasteiger charge is 2.36. The number of likely N-dealkylation sites (tertiary alicyclic amines) is 1. The fraction of sp³-hybridized carbons (Fsp3) is 0.692. The molecule has 0 bridgehead atoms. The highest BCUT2D eigenvalue weighted by atomic mass is 32.2. The Balaban J connectivity index is 1.84. The smallest absolute Gasteiger partial charge is 0.410 e. The van der Waals surface area contributed by atoms with Gasteiger partial charge in [-0.2, -0.15) is 0 Å². The van der Waals surface area contributed by atoms with Crippen LogP contribution in [0.1, 0.15) is 20.8 Å². The van der Waals surface area contributed by atoms with Crippen molar-refractivity contribution in [3.63, 3.8) is 0 Å². The van der Waals surface area contributed by atoms with E-state index in [1.165, 1.54) is 0 Å². The minimum atomic E-state index is -0.504. The molecule has 1 aromatic heterocycles. The highest BCUT2D eigenvalue weighted by molar-refractivity contribution is 8.01. The number of nitrogens with zero attached hydrogens (tertiary/aromatic N) is 2. The number of carbonyl (C=O) groups is 1. The number of hydrogen-bond acceptors (Lipinski definition) is 6. The fourth-order valence-corrected chi connectivity index (χ4v) is 3.78. The molecule has 112 valence electrons. The normalized spacial score (nSPS) is 23.1. The van der Waals surface area contributed by atoms with Crippen LogP contribution in [-0.4, -0.2) is 51.6 Å². The van der Waals surface area contributed by atoms with Crippen LogP contribution in [0.2, 0.25) is 0 Å². The Morgan fingerprint density at radius 3 is 2.95 bits per heavy atom. The zero-order valence-electron chi connectivity index (χ0n) is 11.9. The number of thiazole rings is 1. The lowest BCUT2D eigenvalue weighted by Gasteiger charge is -2.24. The second-order valence-electron chi connectivity index (χ2n) is 5.82. The molecule has 2 heterocycles. The minimum absolute atomic E-state index is 0.0661. The van der Waals surface area contributed by atoms with E-state index in [0.717, 1.165) is 10.1 Å². The molecule has 1 amide bonds. The van der Waals surface area contributed by atoms with Crippen LogP contribution in [0.15, 0.2) is 15.9 Å². The van der Waals surface area contributed by atoms with Gasteiger partial charge in [0.15, 0.2) is 0 Å². The van der Waals surface area contributed by atoms with Crippen molar-refractivity contribution >= 4 is 29.2 Å². The summed E-state index contributed by atoms with van der Waals surface area (Å²) in [6.07, 6.45) is 0.929. The first-order valence-corrected chi connectivity index (χ1v) is 8.40. The van der Waals surface area contributed by atoms with Gasteiger partial charge in [0.05, 0.1) is 12.6 Å². The van der Waals surface area contributed by atoms with Gasteiger partial charge >= 0.3 is 6.09 Å². The van der Waals surface area contributed by atoms with E-state index in [0.29, 0.717) is 13.1 Å². The zero-order valence-corrected chi connectivity index (χ0v) is 13.5. The summed E-state index contributed by atoms with van der Waals surface area (Å²) in [6.45, 7) is 6.40. The molecule has 1 aromatic rings. The predicted octanol–water partition coefficient (Wildman–Crippen LogP) is 2.46. The standard InChI is InChI=1S/C13H20N2O3S2/c1-13(2,3)18-12(17)15-6-9(10(16)7-15)8-20-11-14-4-5-19-11/h4-5,9-10,16H,6-8H2,1-3H3/t9-,10+/m1/s1. The summed E-state index contributed by atoms with van der Waals surface area (Å²) in [4.78, 5) is 17.7. The summed E-state index contributed by atoms with van der Waals surface area (Å²) >= 11 is 3.21. The molecule has 0 spiro atoms. The fourth-order valence-electron chi connectivity index (χ4n) is 1.95. The molecule has 1 aliphatic heterocycles. The van der Waals surface area contributed by atoms with Gasteiger partial charge in [0.1, 0.15) is 9.94 Å². The van der Waals surface area contributed by atoms with E-state index >= 15 is 0 Å². The Morgan fingerprint density at radius 2 is 2.35 bits per heavy atom. The van der Waals surface area contributed by atoms with Crippen molar-refractivity contribution in [3.8, 4) is 0 Å². The van der Waals surface area contributed by atoms with E-state index in [9.17, 15) is 9.90 Å². The molecule has 2 rings (SSSR count). The summed E-state index contributed by atoms with van der Waals surface area (Å²) in [6, 6.07) is 0. The second kappa shape index (κ2) is 6.32. The summed E-state index contributed by atoms with van der Waals surface area (Å²) in [5.41, 5.74) is -0.504. The van der Waals surface area contributed by atoms with Gasteiger partial charge in [-0.15, -0.1) is 11.3 Å². The van der Waals surface area contributed by atoms with Crippen molar-refractivity contribution in [2.24, 2.45) is 5.92 Å². The molecule has 7 heteroatoms. The molecule has 0 unspecified atom stereocenters. The average molecular weight is 316 g/mol. The van der Waals surface area contributed by atoms with Gasteiger partial charge in [0.25, 0.3) is 0 Å². The van der Waals surface area contributed by atoms with Crippen molar-refractivity contribution < 1.29 is 14.6 Å². The third-order valence-corrected chi connectivity index (χ3v) is 5.04. The summed E-state index contributed by atoms with van der Waals surface area (Å²) in [5.74, 6) is 0.824. The molecule has 1 fully saturated rings. The number of aromatic nitrogens is 1. The Bertz CT molecular complexity index is 445. The first kappa shape index (κ1) is 15.6. The maximum atomic E-state index is 12.0. The van der Waals surface area contributed by atoms with Crippen LogP contribution >= 0.6 is 23.1 Å². The van der Waals surface area contributed by atoms with E-state index in [-0.39, 0.29) is 12.0 Å². The average Bonchev–Trinajstić information content (AvgIpc) is 2.93. The zero-order chi connectivity index (χ0) is 14.8. The number of amides is 1. The van der Waals surface area contributed by atoms with Crippen molar-refractivity contribution in [2.75, 3.05) is 18.8 Å². The Labute approximate surface area is 127 Å². The van der Waals surface area contributed by atoms with Gasteiger partial charge in [-0.25, -0.2) is 9.78 Å². The number of rotatable bonds is 3. The van der Waals surface area contributed by atoms with Gasteiger partial charge in [-0.05, 0) is 20.8 Å². The molecule has 2 atom stereocenters. The maximum absolute atomic E-state index is 12.0. The van der Waals surface area contributed by atoms with Gasteiger partial charge in [-0.1, -0.05) is 11.8 Å². The van der Waals surface area contributed by atoms with Crippen LogP contribution in [0, 0.1) is 5.92 Å². The topological polar surface area (TPSA) is 62.7 Å². The quantitative estimate of drug-likeness (QED) is 0.868. The van der Waals surface area contributed by atoms with Crippen molar-refractivity contribution in [1.82, 2.24) is 9.88 Å². The summed E-state index contributed by atoms with van der Waals surface area (Å²) in [5, 5.41) is 12.0. The van der Waals surface area contributed by atoms with Crippen LogP contribution in [0.5, 0.6) is 0 Å². The number of carbonyl (C=O) groups excluding carboxylic acids is 1. The lowest BCUT2D eigenvalue weighted by molar-refractivity contribution is 0.0270.